The summed E-state index contributed by atoms with van der Waals surface area (Å²) < 4.78 is 10.9. The Morgan fingerprint density at radius 3 is 2.44 bits per heavy atom. The van der Waals surface area contributed by atoms with Crippen LogP contribution in [0.25, 0.3) is 0 Å². The molecule has 0 aliphatic carbocycles. The summed E-state index contributed by atoms with van der Waals surface area (Å²) in [4.78, 5) is 37.9. The number of carbonyl (C=O) groups excluding carboxylic acids is 1. The highest BCUT2D eigenvalue weighted by Crippen LogP contribution is 2.41. The van der Waals surface area contributed by atoms with Crippen LogP contribution in [0.2, 0.25) is 0 Å². The van der Waals surface area contributed by atoms with Crippen molar-refractivity contribution >= 4 is 20.0 Å². The Morgan fingerprint density at radius 1 is 1.50 bits per heavy atom. The molecule has 0 bridgehead atoms. The highest BCUT2D eigenvalue weighted by molar-refractivity contribution is 7.52. The molecule has 94 valence electrons. The number of carbonyl (C=O) groups is 2. The first kappa shape index (κ1) is 15.0. The first-order valence-electron chi connectivity index (χ1n) is 4.18. The lowest BCUT2D eigenvalue weighted by atomic mass is 10.3. The van der Waals surface area contributed by atoms with Gasteiger partial charge in [0.05, 0.1) is 6.67 Å². The molecule has 0 fully saturated rings. The van der Waals surface area contributed by atoms with Crippen LogP contribution in [0.4, 0.5) is 0 Å². The van der Waals surface area contributed by atoms with Crippen molar-refractivity contribution in [3.8, 4) is 0 Å². The minimum atomic E-state index is -4.53. The normalized spacial score (nSPS) is 13.2. The molecule has 0 aromatic rings. The molecule has 0 rings (SSSR count). The van der Waals surface area contributed by atoms with Gasteiger partial charge in [0.25, 0.3) is 0 Å². The molecule has 0 aromatic heterocycles. The number of carboxylic acids is 1. The summed E-state index contributed by atoms with van der Waals surface area (Å²) in [7, 11) is -4.53. The second-order valence-corrected chi connectivity index (χ2v) is 4.75. The lowest BCUT2D eigenvalue weighted by Crippen LogP contribution is -2.38. The highest BCUT2D eigenvalue weighted by atomic mass is 31.2. The van der Waals surface area contributed by atoms with Crippen LogP contribution in [0.1, 0.15) is 12.8 Å². The van der Waals surface area contributed by atoms with Crippen LogP contribution in [0.15, 0.2) is 0 Å². The Morgan fingerprint density at radius 2 is 2.06 bits per heavy atom. The van der Waals surface area contributed by atoms with Crippen LogP contribution in [-0.4, -0.2) is 50.0 Å². The summed E-state index contributed by atoms with van der Waals surface area (Å²) in [5.41, 5.74) is 0. The van der Waals surface area contributed by atoms with Crippen molar-refractivity contribution in [2.24, 2.45) is 0 Å². The van der Waals surface area contributed by atoms with Crippen molar-refractivity contribution in [3.63, 3.8) is 0 Å². The van der Waals surface area contributed by atoms with E-state index in [1.165, 1.54) is 0 Å². The SMILES string of the molecule is O=CN(O)CNC(CCC(=O)O)P(=O)(O)O. The molecule has 9 nitrogen and oxygen atoms in total. The highest BCUT2D eigenvalue weighted by Gasteiger charge is 2.28. The fraction of sp³-hybridized carbons (Fsp3) is 0.667. The lowest BCUT2D eigenvalue weighted by Gasteiger charge is -2.20. The topological polar surface area (TPSA) is 147 Å². The zero-order chi connectivity index (χ0) is 12.8. The van der Waals surface area contributed by atoms with Gasteiger partial charge in [-0.1, -0.05) is 0 Å². The second kappa shape index (κ2) is 6.56. The van der Waals surface area contributed by atoms with Gasteiger partial charge in [0, 0.05) is 6.42 Å². The van der Waals surface area contributed by atoms with Crippen molar-refractivity contribution in [1.29, 1.82) is 0 Å². The Labute approximate surface area is 90.8 Å². The van der Waals surface area contributed by atoms with Crippen LogP contribution in [0, 0.1) is 0 Å². The maximum absolute atomic E-state index is 10.9. The first-order valence-corrected chi connectivity index (χ1v) is 5.86. The molecule has 16 heavy (non-hydrogen) atoms. The smallest absolute Gasteiger partial charge is 0.342 e. The molecule has 0 aromatic carbocycles. The predicted molar refractivity (Wildman–Crippen MR) is 50.4 cm³/mol. The molecule has 0 spiro atoms. The Hall–Kier alpha value is -0.990. The van der Waals surface area contributed by atoms with Gasteiger partial charge in [0.1, 0.15) is 5.78 Å². The van der Waals surface area contributed by atoms with E-state index in [1.807, 2.05) is 0 Å². The Kier molecular flexibility index (Phi) is 6.16. The van der Waals surface area contributed by atoms with Crippen LogP contribution in [0.3, 0.4) is 0 Å². The summed E-state index contributed by atoms with van der Waals surface area (Å²) in [6.07, 6.45) is -0.706. The van der Waals surface area contributed by atoms with Gasteiger partial charge in [-0.2, -0.15) is 0 Å². The van der Waals surface area contributed by atoms with Gasteiger partial charge in [-0.15, -0.1) is 0 Å². The summed E-state index contributed by atoms with van der Waals surface area (Å²) in [5, 5.41) is 19.4. The molecule has 0 saturated heterocycles. The van der Waals surface area contributed by atoms with E-state index in [1.54, 1.807) is 0 Å². The molecule has 0 aliphatic rings. The zero-order valence-electron chi connectivity index (χ0n) is 8.18. The number of hydrogen-bond acceptors (Lipinski definition) is 5. The van der Waals surface area contributed by atoms with Gasteiger partial charge in [0.2, 0.25) is 6.41 Å². The molecule has 10 heteroatoms. The second-order valence-electron chi connectivity index (χ2n) is 2.94. The third kappa shape index (κ3) is 6.49. The summed E-state index contributed by atoms with van der Waals surface area (Å²) in [6.45, 7) is -0.501. The maximum Gasteiger partial charge on any atom is 0.342 e. The largest absolute Gasteiger partial charge is 0.481 e. The minimum Gasteiger partial charge on any atom is -0.481 e. The van der Waals surface area contributed by atoms with E-state index >= 15 is 0 Å². The molecule has 1 atom stereocenters. The van der Waals surface area contributed by atoms with Gasteiger partial charge in [0.15, 0.2) is 0 Å². The van der Waals surface area contributed by atoms with E-state index in [2.05, 4.69) is 5.32 Å². The summed E-state index contributed by atoms with van der Waals surface area (Å²) in [6, 6.07) is 0. The van der Waals surface area contributed by atoms with E-state index in [-0.39, 0.29) is 17.9 Å². The van der Waals surface area contributed by atoms with Crippen molar-refractivity contribution in [2.75, 3.05) is 6.67 Å². The average Bonchev–Trinajstić information content (AvgIpc) is 2.14. The minimum absolute atomic E-state index is 0.0426. The quantitative estimate of drug-likeness (QED) is 0.119. The van der Waals surface area contributed by atoms with Gasteiger partial charge in [-0.3, -0.25) is 24.7 Å². The van der Waals surface area contributed by atoms with Gasteiger partial charge in [-0.25, -0.2) is 5.06 Å². The van der Waals surface area contributed by atoms with Crippen molar-refractivity contribution in [3.05, 3.63) is 0 Å². The van der Waals surface area contributed by atoms with E-state index in [0.717, 1.165) is 0 Å². The molecule has 0 saturated carbocycles. The number of aliphatic carboxylic acids is 1. The van der Waals surface area contributed by atoms with Crippen molar-refractivity contribution < 1.29 is 34.3 Å². The summed E-state index contributed by atoms with van der Waals surface area (Å²) in [5.74, 6) is -2.62. The lowest BCUT2D eigenvalue weighted by molar-refractivity contribution is -0.151. The van der Waals surface area contributed by atoms with Crippen molar-refractivity contribution in [1.82, 2.24) is 10.4 Å². The first-order chi connectivity index (χ1) is 7.27. The summed E-state index contributed by atoms with van der Waals surface area (Å²) >= 11 is 0. The zero-order valence-corrected chi connectivity index (χ0v) is 9.08. The molecule has 5 N–H and O–H groups in total. The number of nitrogens with zero attached hydrogens (tertiary/aromatic N) is 1. The maximum atomic E-state index is 10.9. The van der Waals surface area contributed by atoms with Crippen LogP contribution < -0.4 is 5.32 Å². The molecular weight excluding hydrogens is 243 g/mol. The number of amides is 1. The van der Waals surface area contributed by atoms with Crippen LogP contribution in [0.5, 0.6) is 0 Å². The number of nitrogens with one attached hydrogen (secondary N) is 1. The molecule has 0 radical (unpaired) electrons. The monoisotopic (exact) mass is 256 g/mol. The number of rotatable bonds is 8. The number of hydrogen-bond donors (Lipinski definition) is 5. The van der Waals surface area contributed by atoms with E-state index in [4.69, 9.17) is 20.1 Å². The van der Waals surface area contributed by atoms with E-state index in [9.17, 15) is 14.2 Å². The Bertz CT molecular complexity index is 291. The standard InChI is InChI=1S/C6H13N2O7P/c9-4-8(12)3-7-5(16(13,14)15)1-2-6(10)11/h4-5,7,12H,1-3H2,(H,10,11)(H2,13,14,15). The fourth-order valence-electron chi connectivity index (χ4n) is 0.886. The van der Waals surface area contributed by atoms with Crippen LogP contribution >= 0.6 is 7.60 Å². The van der Waals surface area contributed by atoms with Crippen LogP contribution in [-0.2, 0) is 14.2 Å². The average molecular weight is 256 g/mol. The van der Waals surface area contributed by atoms with Gasteiger partial charge in [-0.05, 0) is 6.42 Å². The molecule has 1 amide bonds. The van der Waals surface area contributed by atoms with E-state index < -0.39 is 32.4 Å². The molecule has 0 heterocycles. The number of hydroxylamine groups is 2. The van der Waals surface area contributed by atoms with Gasteiger partial charge >= 0.3 is 13.6 Å². The third-order valence-corrected chi connectivity index (χ3v) is 2.90. The predicted octanol–water partition coefficient (Wildman–Crippen LogP) is -1.25. The Balaban J connectivity index is 4.28. The molecule has 0 aliphatic heterocycles. The fourth-order valence-corrected chi connectivity index (χ4v) is 1.67. The third-order valence-electron chi connectivity index (χ3n) is 1.65. The molecular formula is C6H13N2O7P. The van der Waals surface area contributed by atoms with Crippen molar-refractivity contribution in [2.45, 2.75) is 18.6 Å². The van der Waals surface area contributed by atoms with Gasteiger partial charge < -0.3 is 14.9 Å². The molecule has 1 unspecified atom stereocenters. The number of carboxylic acid groups (broad SMARTS) is 1. The van der Waals surface area contributed by atoms with E-state index in [0.29, 0.717) is 0 Å².